The second-order valence-corrected chi connectivity index (χ2v) is 5.34. The lowest BCUT2D eigenvalue weighted by Gasteiger charge is -2.29. The summed E-state index contributed by atoms with van der Waals surface area (Å²) in [7, 11) is 3.98. The standard InChI is InChI=1S/C13H25NO4/c1-5-11(2)13(17)18-10-9-14(3,4)8-6-7-12(15)16/h11H,5-10H2,1-4H3. The average Bonchev–Trinajstić information content (AvgIpc) is 2.26. The molecule has 0 radical (unpaired) electrons. The number of hydrogen-bond donors (Lipinski definition) is 0. The number of likely N-dealkylation sites (N-methyl/N-ethyl adjacent to an activating group) is 1. The Morgan fingerprint density at radius 3 is 2.39 bits per heavy atom. The molecular formula is C13H25NO4. The fraction of sp³-hybridized carbons (Fsp3) is 0.846. The van der Waals surface area contributed by atoms with Gasteiger partial charge in [-0.3, -0.25) is 4.79 Å². The van der Waals surface area contributed by atoms with Crippen LogP contribution in [0.3, 0.4) is 0 Å². The van der Waals surface area contributed by atoms with E-state index in [9.17, 15) is 14.7 Å². The first kappa shape index (κ1) is 16.9. The highest BCUT2D eigenvalue weighted by atomic mass is 16.5. The van der Waals surface area contributed by atoms with Gasteiger partial charge in [0.25, 0.3) is 0 Å². The Bertz CT molecular complexity index is 276. The number of hydrogen-bond acceptors (Lipinski definition) is 4. The molecule has 0 aliphatic rings. The highest BCUT2D eigenvalue weighted by molar-refractivity contribution is 5.71. The molecule has 0 aliphatic carbocycles. The third kappa shape index (κ3) is 8.06. The van der Waals surface area contributed by atoms with Crippen molar-refractivity contribution in [1.82, 2.24) is 0 Å². The molecule has 0 amide bonds. The van der Waals surface area contributed by atoms with Gasteiger partial charge in [0.2, 0.25) is 0 Å². The number of carboxylic acids is 1. The van der Waals surface area contributed by atoms with Gasteiger partial charge in [0.05, 0.1) is 26.6 Å². The molecular weight excluding hydrogens is 234 g/mol. The maximum absolute atomic E-state index is 11.4. The molecule has 0 fully saturated rings. The lowest BCUT2D eigenvalue weighted by molar-refractivity contribution is -0.890. The molecule has 0 saturated heterocycles. The van der Waals surface area contributed by atoms with Crippen LogP contribution in [-0.4, -0.2) is 50.2 Å². The molecule has 0 saturated carbocycles. The fourth-order valence-corrected chi connectivity index (χ4v) is 1.47. The zero-order valence-corrected chi connectivity index (χ0v) is 11.9. The summed E-state index contributed by atoms with van der Waals surface area (Å²) >= 11 is 0. The van der Waals surface area contributed by atoms with Crippen molar-refractivity contribution in [2.24, 2.45) is 5.92 Å². The number of ether oxygens (including phenoxy) is 1. The van der Waals surface area contributed by atoms with E-state index in [0.717, 1.165) is 13.0 Å². The molecule has 0 spiro atoms. The highest BCUT2D eigenvalue weighted by Gasteiger charge is 2.17. The van der Waals surface area contributed by atoms with Crippen LogP contribution in [0.1, 0.15) is 33.1 Å². The van der Waals surface area contributed by atoms with Gasteiger partial charge in [-0.15, -0.1) is 0 Å². The minimum Gasteiger partial charge on any atom is -0.550 e. The van der Waals surface area contributed by atoms with E-state index in [-0.39, 0.29) is 18.3 Å². The zero-order valence-electron chi connectivity index (χ0n) is 11.9. The van der Waals surface area contributed by atoms with Crippen molar-refractivity contribution in [2.75, 3.05) is 33.8 Å². The second-order valence-electron chi connectivity index (χ2n) is 5.34. The van der Waals surface area contributed by atoms with Gasteiger partial charge in [-0.2, -0.15) is 0 Å². The number of rotatable bonds is 9. The topological polar surface area (TPSA) is 66.4 Å². The molecule has 0 aromatic heterocycles. The average molecular weight is 259 g/mol. The molecule has 0 N–H and O–H groups in total. The molecule has 0 aromatic rings. The van der Waals surface area contributed by atoms with Crippen LogP contribution in [0.25, 0.3) is 0 Å². The minimum atomic E-state index is -1.02. The zero-order chi connectivity index (χ0) is 14.2. The number of carbonyl (C=O) groups excluding carboxylic acids is 2. The number of carboxylic acid groups (broad SMARTS) is 1. The van der Waals surface area contributed by atoms with E-state index in [1.807, 2.05) is 27.9 Å². The van der Waals surface area contributed by atoms with Gasteiger partial charge in [0.1, 0.15) is 13.2 Å². The van der Waals surface area contributed by atoms with Crippen molar-refractivity contribution in [3.05, 3.63) is 0 Å². The van der Waals surface area contributed by atoms with Gasteiger partial charge in [-0.05, 0) is 12.8 Å². The van der Waals surface area contributed by atoms with Gasteiger partial charge >= 0.3 is 5.97 Å². The largest absolute Gasteiger partial charge is 0.550 e. The summed E-state index contributed by atoms with van der Waals surface area (Å²) in [5.41, 5.74) is 0. The molecule has 0 rings (SSSR count). The SMILES string of the molecule is CCC(C)C(=O)OCC[N+](C)(C)CCCC(=O)[O-]. The molecule has 0 heterocycles. The quantitative estimate of drug-likeness (QED) is 0.438. The van der Waals surface area contributed by atoms with Crippen molar-refractivity contribution < 1.29 is 23.9 Å². The van der Waals surface area contributed by atoms with Crippen LogP contribution in [-0.2, 0) is 14.3 Å². The van der Waals surface area contributed by atoms with Gasteiger partial charge < -0.3 is 19.1 Å². The lowest BCUT2D eigenvalue weighted by atomic mass is 10.1. The Morgan fingerprint density at radius 2 is 1.89 bits per heavy atom. The molecule has 0 bridgehead atoms. The van der Waals surface area contributed by atoms with E-state index < -0.39 is 5.97 Å². The van der Waals surface area contributed by atoms with Crippen molar-refractivity contribution in [3.63, 3.8) is 0 Å². The van der Waals surface area contributed by atoms with Crippen molar-refractivity contribution >= 4 is 11.9 Å². The Kier molecular flexibility index (Phi) is 7.59. The smallest absolute Gasteiger partial charge is 0.308 e. The van der Waals surface area contributed by atoms with Crippen molar-refractivity contribution in [3.8, 4) is 0 Å². The second kappa shape index (κ2) is 8.08. The van der Waals surface area contributed by atoms with E-state index in [2.05, 4.69) is 0 Å². The predicted molar refractivity (Wildman–Crippen MR) is 66.5 cm³/mol. The van der Waals surface area contributed by atoms with Crippen LogP contribution in [0.2, 0.25) is 0 Å². The number of aliphatic carboxylic acids is 1. The summed E-state index contributed by atoms with van der Waals surface area (Å²) in [6, 6.07) is 0. The van der Waals surface area contributed by atoms with Gasteiger partial charge in [0.15, 0.2) is 0 Å². The Morgan fingerprint density at radius 1 is 1.28 bits per heavy atom. The van der Waals surface area contributed by atoms with Gasteiger partial charge in [-0.25, -0.2) is 0 Å². The summed E-state index contributed by atoms with van der Waals surface area (Å²) in [6.07, 6.45) is 1.44. The van der Waals surface area contributed by atoms with Crippen LogP contribution in [0.5, 0.6) is 0 Å². The predicted octanol–water partition coefficient (Wildman–Crippen LogP) is 0.182. The van der Waals surface area contributed by atoms with Crippen LogP contribution in [0.15, 0.2) is 0 Å². The summed E-state index contributed by atoms with van der Waals surface area (Å²) < 4.78 is 5.81. The van der Waals surface area contributed by atoms with E-state index in [1.165, 1.54) is 0 Å². The van der Waals surface area contributed by atoms with Gasteiger partial charge in [0, 0.05) is 12.4 Å². The minimum absolute atomic E-state index is 0.0568. The van der Waals surface area contributed by atoms with Crippen LogP contribution < -0.4 is 5.11 Å². The highest BCUT2D eigenvalue weighted by Crippen LogP contribution is 2.05. The first-order valence-corrected chi connectivity index (χ1v) is 6.47. The summed E-state index contributed by atoms with van der Waals surface area (Å²) in [4.78, 5) is 21.8. The molecule has 5 nitrogen and oxygen atoms in total. The van der Waals surface area contributed by atoms with E-state index >= 15 is 0 Å². The Balaban J connectivity index is 3.82. The van der Waals surface area contributed by atoms with Crippen molar-refractivity contribution in [1.29, 1.82) is 0 Å². The first-order valence-electron chi connectivity index (χ1n) is 6.47. The van der Waals surface area contributed by atoms with Crippen molar-refractivity contribution in [2.45, 2.75) is 33.1 Å². The van der Waals surface area contributed by atoms with E-state index in [0.29, 0.717) is 24.1 Å². The molecule has 5 heteroatoms. The third-order valence-electron chi connectivity index (χ3n) is 3.10. The number of quaternary nitrogens is 1. The number of carbonyl (C=O) groups is 2. The lowest BCUT2D eigenvalue weighted by Crippen LogP contribution is -2.43. The normalized spacial score (nSPS) is 13.1. The molecule has 106 valence electrons. The maximum atomic E-state index is 11.4. The van der Waals surface area contributed by atoms with Crippen LogP contribution in [0, 0.1) is 5.92 Å². The van der Waals surface area contributed by atoms with E-state index in [1.54, 1.807) is 0 Å². The molecule has 0 aliphatic heterocycles. The molecule has 18 heavy (non-hydrogen) atoms. The number of esters is 1. The first-order chi connectivity index (χ1) is 8.28. The monoisotopic (exact) mass is 259 g/mol. The molecule has 0 aromatic carbocycles. The molecule has 1 unspecified atom stereocenters. The maximum Gasteiger partial charge on any atom is 0.308 e. The number of nitrogens with zero attached hydrogens (tertiary/aromatic N) is 1. The Labute approximate surface area is 109 Å². The fourth-order valence-electron chi connectivity index (χ4n) is 1.47. The third-order valence-corrected chi connectivity index (χ3v) is 3.10. The summed E-state index contributed by atoms with van der Waals surface area (Å²) in [5, 5.41) is 10.3. The van der Waals surface area contributed by atoms with Crippen LogP contribution in [0.4, 0.5) is 0 Å². The molecule has 1 atom stereocenters. The van der Waals surface area contributed by atoms with Gasteiger partial charge in [-0.1, -0.05) is 13.8 Å². The summed E-state index contributed by atoms with van der Waals surface area (Å²) in [6.45, 7) is 5.60. The Hall–Kier alpha value is -1.10. The summed E-state index contributed by atoms with van der Waals surface area (Å²) in [5.74, 6) is -1.23. The van der Waals surface area contributed by atoms with E-state index in [4.69, 9.17) is 4.74 Å². The van der Waals surface area contributed by atoms with Crippen LogP contribution >= 0.6 is 0 Å².